The fourth-order valence-electron chi connectivity index (χ4n) is 5.74. The molecular weight excluding hydrogens is 552 g/mol. The number of fused-ring (bicyclic) bond motifs is 5. The van der Waals surface area contributed by atoms with Crippen molar-refractivity contribution in [2.75, 3.05) is 16.8 Å². The number of hydrogen-bond donors (Lipinski definition) is 2. The number of halogens is 1. The third kappa shape index (κ3) is 3.78. The van der Waals surface area contributed by atoms with Gasteiger partial charge < -0.3 is 14.8 Å². The first-order valence-corrected chi connectivity index (χ1v) is 14.4. The SMILES string of the molecule is O=S(=O)(Nc1cccc2ccccc12)c1ccc2c(c1)[C@H]1C=CC[C@H]1[C@@H](c1cc3c(cc1Br)OCO3)N2. The average molecular weight is 575 g/mol. The summed E-state index contributed by atoms with van der Waals surface area (Å²) in [6.45, 7) is 0.226. The number of anilines is 2. The molecule has 0 saturated heterocycles. The fourth-order valence-corrected chi connectivity index (χ4v) is 7.42. The van der Waals surface area contributed by atoms with Crippen LogP contribution in [-0.2, 0) is 10.0 Å². The summed E-state index contributed by atoms with van der Waals surface area (Å²) in [4.78, 5) is 0.253. The van der Waals surface area contributed by atoms with Crippen molar-refractivity contribution in [2.45, 2.75) is 23.3 Å². The number of hydrogen-bond acceptors (Lipinski definition) is 5. The summed E-state index contributed by atoms with van der Waals surface area (Å²) in [6.07, 6.45) is 5.29. The van der Waals surface area contributed by atoms with E-state index in [1.807, 2.05) is 60.7 Å². The smallest absolute Gasteiger partial charge is 0.261 e. The molecule has 0 aromatic heterocycles. The molecule has 37 heavy (non-hydrogen) atoms. The highest BCUT2D eigenvalue weighted by Crippen LogP contribution is 2.52. The molecule has 0 fully saturated rings. The Labute approximate surface area is 223 Å². The van der Waals surface area contributed by atoms with Crippen LogP contribution in [0.3, 0.4) is 0 Å². The molecule has 3 atom stereocenters. The molecule has 186 valence electrons. The Morgan fingerprint density at radius 3 is 2.62 bits per heavy atom. The molecule has 2 heterocycles. The summed E-state index contributed by atoms with van der Waals surface area (Å²) >= 11 is 3.73. The lowest BCUT2D eigenvalue weighted by Gasteiger charge is -2.38. The Balaban J connectivity index is 1.24. The molecule has 3 aliphatic rings. The van der Waals surface area contributed by atoms with Gasteiger partial charge in [-0.05, 0) is 65.3 Å². The summed E-state index contributed by atoms with van der Waals surface area (Å²) < 4.78 is 41.9. The Bertz CT molecular complexity index is 1700. The summed E-state index contributed by atoms with van der Waals surface area (Å²) in [6, 6.07) is 22.8. The van der Waals surface area contributed by atoms with E-state index < -0.39 is 10.0 Å². The normalized spacial score (nSPS) is 21.4. The van der Waals surface area contributed by atoms with Crippen molar-refractivity contribution in [2.24, 2.45) is 5.92 Å². The van der Waals surface area contributed by atoms with Crippen molar-refractivity contribution in [1.82, 2.24) is 0 Å². The minimum absolute atomic E-state index is 0.0349. The highest BCUT2D eigenvalue weighted by Gasteiger charge is 2.39. The van der Waals surface area contributed by atoms with Crippen LogP contribution in [0.2, 0.25) is 0 Å². The molecule has 1 aliphatic carbocycles. The van der Waals surface area contributed by atoms with Crippen LogP contribution in [0.15, 0.2) is 94.3 Å². The van der Waals surface area contributed by atoms with Gasteiger partial charge in [0.05, 0.1) is 16.6 Å². The van der Waals surface area contributed by atoms with Crippen molar-refractivity contribution < 1.29 is 17.9 Å². The Kier molecular flexibility index (Phi) is 5.23. The first-order valence-electron chi connectivity index (χ1n) is 12.1. The van der Waals surface area contributed by atoms with Crippen molar-refractivity contribution in [1.29, 1.82) is 0 Å². The second kappa shape index (κ2) is 8.53. The summed E-state index contributed by atoms with van der Waals surface area (Å²) in [5.41, 5.74) is 3.60. The largest absolute Gasteiger partial charge is 0.454 e. The molecular formula is C29H23BrN2O4S. The standard InChI is InChI=1S/C29H23BrN2O4S/c30-24-15-28-27(35-16-36-28)14-23(24)29-21-9-4-8-20(21)22-13-18(11-12-25(22)31-29)37(33,34)32-26-10-3-6-17-5-1-2-7-19(17)26/h1-8,10-15,20-21,29,31-32H,9,16H2/t20-,21+,29-/m0/s1. The molecule has 0 amide bonds. The Morgan fingerprint density at radius 2 is 1.73 bits per heavy atom. The highest BCUT2D eigenvalue weighted by atomic mass is 79.9. The average Bonchev–Trinajstić information content (AvgIpc) is 3.57. The zero-order valence-electron chi connectivity index (χ0n) is 19.6. The molecule has 0 spiro atoms. The van der Waals surface area contributed by atoms with Crippen LogP contribution >= 0.6 is 15.9 Å². The summed E-state index contributed by atoms with van der Waals surface area (Å²) in [5.74, 6) is 1.83. The third-order valence-electron chi connectivity index (χ3n) is 7.51. The Morgan fingerprint density at radius 1 is 0.919 bits per heavy atom. The van der Waals surface area contributed by atoms with Crippen molar-refractivity contribution >= 4 is 48.1 Å². The predicted molar refractivity (Wildman–Crippen MR) is 148 cm³/mol. The maximum Gasteiger partial charge on any atom is 0.261 e. The maximum atomic E-state index is 13.5. The van der Waals surface area contributed by atoms with Gasteiger partial charge in [-0.2, -0.15) is 0 Å². The van der Waals surface area contributed by atoms with Crippen molar-refractivity contribution in [3.05, 3.63) is 101 Å². The minimum Gasteiger partial charge on any atom is -0.454 e. The van der Waals surface area contributed by atoms with E-state index in [9.17, 15) is 8.42 Å². The molecule has 0 radical (unpaired) electrons. The first kappa shape index (κ1) is 22.7. The monoisotopic (exact) mass is 574 g/mol. The molecule has 4 aromatic rings. The molecule has 7 rings (SSSR count). The van der Waals surface area contributed by atoms with E-state index in [0.29, 0.717) is 5.69 Å². The van der Waals surface area contributed by atoms with Crippen LogP contribution in [0.5, 0.6) is 11.5 Å². The second-order valence-electron chi connectivity index (χ2n) is 9.58. The van der Waals surface area contributed by atoms with Gasteiger partial charge in [0, 0.05) is 21.5 Å². The van der Waals surface area contributed by atoms with Crippen molar-refractivity contribution in [3.63, 3.8) is 0 Å². The van der Waals surface area contributed by atoms with E-state index in [1.54, 1.807) is 12.1 Å². The molecule has 8 heteroatoms. The lowest BCUT2D eigenvalue weighted by atomic mass is 9.77. The van der Waals surface area contributed by atoms with Gasteiger partial charge in [-0.1, -0.05) is 64.5 Å². The lowest BCUT2D eigenvalue weighted by molar-refractivity contribution is 0.174. The van der Waals surface area contributed by atoms with E-state index in [4.69, 9.17) is 9.47 Å². The molecule has 2 aliphatic heterocycles. The molecule has 4 aromatic carbocycles. The van der Waals surface area contributed by atoms with E-state index in [-0.39, 0.29) is 29.6 Å². The van der Waals surface area contributed by atoms with Gasteiger partial charge in [0.25, 0.3) is 10.0 Å². The van der Waals surface area contributed by atoms with Gasteiger partial charge in [0.2, 0.25) is 6.79 Å². The van der Waals surface area contributed by atoms with E-state index in [2.05, 4.69) is 38.1 Å². The lowest BCUT2D eigenvalue weighted by Crippen LogP contribution is -2.29. The minimum atomic E-state index is -3.79. The Hall–Kier alpha value is -3.49. The summed E-state index contributed by atoms with van der Waals surface area (Å²) in [7, 11) is -3.79. The molecule has 0 bridgehead atoms. The van der Waals surface area contributed by atoms with Gasteiger partial charge in [-0.3, -0.25) is 4.72 Å². The zero-order valence-corrected chi connectivity index (χ0v) is 22.1. The maximum absolute atomic E-state index is 13.5. The predicted octanol–water partition coefficient (Wildman–Crippen LogP) is 6.96. The van der Waals surface area contributed by atoms with E-state index in [0.717, 1.165) is 50.0 Å². The van der Waals surface area contributed by atoms with Crippen LogP contribution in [0.1, 0.15) is 29.5 Å². The number of rotatable bonds is 4. The van der Waals surface area contributed by atoms with Gasteiger partial charge >= 0.3 is 0 Å². The highest BCUT2D eigenvalue weighted by molar-refractivity contribution is 9.10. The van der Waals surface area contributed by atoms with Crippen LogP contribution in [0.25, 0.3) is 10.8 Å². The van der Waals surface area contributed by atoms with E-state index in [1.165, 1.54) is 0 Å². The molecule has 0 saturated carbocycles. The number of allylic oxidation sites excluding steroid dienone is 2. The number of nitrogens with one attached hydrogen (secondary N) is 2. The number of sulfonamides is 1. The molecule has 0 unspecified atom stereocenters. The fraction of sp³-hybridized carbons (Fsp3) is 0.172. The number of ether oxygens (including phenoxy) is 2. The topological polar surface area (TPSA) is 76.7 Å². The van der Waals surface area contributed by atoms with Gasteiger partial charge in [0.15, 0.2) is 11.5 Å². The molecule has 2 N–H and O–H groups in total. The van der Waals surface area contributed by atoms with Crippen molar-refractivity contribution in [3.8, 4) is 11.5 Å². The molecule has 6 nitrogen and oxygen atoms in total. The third-order valence-corrected chi connectivity index (χ3v) is 9.56. The van der Waals surface area contributed by atoms with Gasteiger partial charge in [-0.25, -0.2) is 8.42 Å². The van der Waals surface area contributed by atoms with Crippen LogP contribution in [-0.4, -0.2) is 15.2 Å². The van der Waals surface area contributed by atoms with Crippen LogP contribution in [0, 0.1) is 5.92 Å². The zero-order chi connectivity index (χ0) is 25.1. The van der Waals surface area contributed by atoms with Gasteiger partial charge in [-0.15, -0.1) is 0 Å². The van der Waals surface area contributed by atoms with Crippen LogP contribution in [0.4, 0.5) is 11.4 Å². The summed E-state index contributed by atoms with van der Waals surface area (Å²) in [5, 5.41) is 5.54. The number of benzene rings is 4. The first-order chi connectivity index (χ1) is 18.0. The quantitative estimate of drug-likeness (QED) is 0.258. The van der Waals surface area contributed by atoms with E-state index >= 15 is 0 Å². The second-order valence-corrected chi connectivity index (χ2v) is 12.1. The van der Waals surface area contributed by atoms with Crippen LogP contribution < -0.4 is 19.5 Å². The van der Waals surface area contributed by atoms with Gasteiger partial charge in [0.1, 0.15) is 0 Å².